The maximum atomic E-state index is 4.94. The Labute approximate surface area is 42.9 Å². The minimum absolute atomic E-state index is 0.323. The molecule has 0 aliphatic rings. The molecule has 0 aromatic carbocycles. The van der Waals surface area contributed by atoms with E-state index in [9.17, 15) is 0 Å². The van der Waals surface area contributed by atoms with Crippen LogP contribution in [0.15, 0.2) is 11.9 Å². The van der Waals surface area contributed by atoms with Crippen molar-refractivity contribution in [2.75, 3.05) is 0 Å². The molecule has 2 N–H and O–H groups in total. The lowest BCUT2D eigenvalue weighted by atomic mass is 11.1. The van der Waals surface area contributed by atoms with E-state index in [2.05, 4.69) is 14.6 Å². The fourth-order valence-corrected chi connectivity index (χ4v) is 0.424. The molecular formula is C2H4NOSi2. The molecule has 6 heavy (non-hydrogen) atoms. The highest BCUT2D eigenvalue weighted by Gasteiger charge is 1.69. The molecule has 0 spiro atoms. The van der Waals surface area contributed by atoms with E-state index < -0.39 is 0 Å². The van der Waals surface area contributed by atoms with Crippen LogP contribution in [0.1, 0.15) is 0 Å². The molecular weight excluding hydrogens is 110 g/mol. The smallest absolute Gasteiger partial charge is 0.249 e. The van der Waals surface area contributed by atoms with Gasteiger partial charge in [-0.3, -0.25) is 0 Å². The summed E-state index contributed by atoms with van der Waals surface area (Å²) in [6.45, 7) is 0. The summed E-state index contributed by atoms with van der Waals surface area (Å²) in [5.74, 6) is 0. The van der Waals surface area contributed by atoms with Crippen LogP contribution in [-0.2, 0) is 4.12 Å². The van der Waals surface area contributed by atoms with E-state index in [1.165, 1.54) is 6.20 Å². The van der Waals surface area contributed by atoms with Crippen molar-refractivity contribution < 1.29 is 4.12 Å². The van der Waals surface area contributed by atoms with Crippen LogP contribution in [0.2, 0.25) is 0 Å². The van der Waals surface area contributed by atoms with Crippen LogP contribution in [0.4, 0.5) is 0 Å². The fourth-order valence-electron chi connectivity index (χ4n) is 0.0733. The van der Waals surface area contributed by atoms with E-state index in [0.29, 0.717) is 9.76 Å². The fraction of sp³-hybridized carbons (Fsp3) is 0. The van der Waals surface area contributed by atoms with Crippen LogP contribution >= 0.6 is 0 Å². The van der Waals surface area contributed by atoms with Crippen molar-refractivity contribution in [3.63, 3.8) is 0 Å². The first-order valence-corrected chi connectivity index (χ1v) is 2.76. The quantitative estimate of drug-likeness (QED) is 0.474. The third-order valence-electron chi connectivity index (χ3n) is 0.223. The van der Waals surface area contributed by atoms with Crippen molar-refractivity contribution in [3.05, 3.63) is 11.9 Å². The highest BCUT2D eigenvalue weighted by Crippen LogP contribution is 1.58. The Morgan fingerprint density at radius 2 is 2.50 bits per heavy atom. The first-order valence-electron chi connectivity index (χ1n) is 1.36. The van der Waals surface area contributed by atoms with Gasteiger partial charge in [0.1, 0.15) is 0 Å². The van der Waals surface area contributed by atoms with Crippen molar-refractivity contribution in [1.29, 1.82) is 0 Å². The molecule has 0 heterocycles. The van der Waals surface area contributed by atoms with Gasteiger partial charge in [-0.15, -0.1) is 0 Å². The van der Waals surface area contributed by atoms with Crippen molar-refractivity contribution >= 4 is 20.2 Å². The van der Waals surface area contributed by atoms with E-state index in [-0.39, 0.29) is 0 Å². The summed E-state index contributed by atoms with van der Waals surface area (Å²) in [6.07, 6.45) is 1.44. The Morgan fingerprint density at radius 3 is 2.67 bits per heavy atom. The molecule has 0 saturated heterocycles. The van der Waals surface area contributed by atoms with Crippen LogP contribution in [0.5, 0.6) is 0 Å². The predicted molar refractivity (Wildman–Crippen MR) is 25.9 cm³/mol. The number of nitrogens with two attached hydrogens (primary N) is 1. The summed E-state index contributed by atoms with van der Waals surface area (Å²) >= 11 is 0. The largest absolute Gasteiger partial charge is 0.454 e. The Kier molecular flexibility index (Phi) is 4.88. The van der Waals surface area contributed by atoms with Gasteiger partial charge in [0.25, 0.3) is 0 Å². The molecule has 0 aliphatic heterocycles. The average Bonchev–Trinajstić information content (AvgIpc) is 1.61. The molecule has 0 aromatic rings. The highest BCUT2D eigenvalue weighted by atomic mass is 28.3. The highest BCUT2D eigenvalue weighted by molar-refractivity contribution is 6.39. The molecule has 0 rings (SSSR count). The van der Waals surface area contributed by atoms with Gasteiger partial charge in [-0.2, -0.15) is 0 Å². The van der Waals surface area contributed by atoms with Gasteiger partial charge < -0.3 is 9.85 Å². The Bertz CT molecular complexity index is 46.8. The molecule has 2 nitrogen and oxygen atoms in total. The lowest BCUT2D eigenvalue weighted by Gasteiger charge is -1.77. The molecule has 4 heteroatoms. The summed E-state index contributed by atoms with van der Waals surface area (Å²) < 4.78 is 4.45. The normalized spacial score (nSPS) is 10.2. The van der Waals surface area contributed by atoms with Crippen molar-refractivity contribution in [2.45, 2.75) is 0 Å². The summed E-state index contributed by atoms with van der Waals surface area (Å²) in [5.41, 5.74) is 6.65. The molecule has 0 fully saturated rings. The van der Waals surface area contributed by atoms with Crippen LogP contribution in [-0.4, -0.2) is 20.2 Å². The van der Waals surface area contributed by atoms with E-state index in [4.69, 9.17) is 5.73 Å². The first kappa shape index (κ1) is 5.93. The topological polar surface area (TPSA) is 35.2 Å². The zero-order valence-corrected chi connectivity index (χ0v) is 5.14. The second kappa shape index (κ2) is 4.93. The van der Waals surface area contributed by atoms with Crippen LogP contribution < -0.4 is 5.73 Å². The summed E-state index contributed by atoms with van der Waals surface area (Å²) in [6, 6.07) is 0. The van der Waals surface area contributed by atoms with Gasteiger partial charge in [0.15, 0.2) is 0 Å². The molecule has 0 unspecified atom stereocenters. The van der Waals surface area contributed by atoms with Gasteiger partial charge in [-0.25, -0.2) is 0 Å². The van der Waals surface area contributed by atoms with E-state index in [1.807, 2.05) is 0 Å². The molecule has 0 saturated carbocycles. The number of hydrogen-bond acceptors (Lipinski definition) is 2. The Hall–Kier alpha value is -0.0662. The van der Waals surface area contributed by atoms with Gasteiger partial charge in [-0.1, -0.05) is 5.70 Å². The van der Waals surface area contributed by atoms with E-state index >= 15 is 0 Å². The lowest BCUT2D eigenvalue weighted by Crippen LogP contribution is -1.90. The third-order valence-corrected chi connectivity index (χ3v) is 1.02. The Morgan fingerprint density at radius 1 is 1.83 bits per heavy atom. The number of rotatable bonds is 2. The van der Waals surface area contributed by atoms with Crippen LogP contribution in [0.3, 0.4) is 0 Å². The van der Waals surface area contributed by atoms with Gasteiger partial charge in [0, 0.05) is 0 Å². The average molecular weight is 114 g/mol. The minimum atomic E-state index is 0.323. The molecule has 31 valence electrons. The first-order chi connectivity index (χ1) is 2.91. The monoisotopic (exact) mass is 114 g/mol. The van der Waals surface area contributed by atoms with Gasteiger partial charge >= 0.3 is 0 Å². The third kappa shape index (κ3) is 3.93. The zero-order chi connectivity index (χ0) is 4.83. The van der Waals surface area contributed by atoms with Crippen molar-refractivity contribution in [3.8, 4) is 0 Å². The molecule has 0 bridgehead atoms. The standard InChI is InChI=1S/C2H4NOSi2/c3-1-2-6-4-5/h1-2H,3H2. The zero-order valence-electron chi connectivity index (χ0n) is 3.14. The van der Waals surface area contributed by atoms with Crippen molar-refractivity contribution in [2.24, 2.45) is 5.73 Å². The van der Waals surface area contributed by atoms with Gasteiger partial charge in [0.05, 0.1) is 0 Å². The minimum Gasteiger partial charge on any atom is -0.454 e. The summed E-state index contributed by atoms with van der Waals surface area (Å²) in [5, 5.41) is 0. The number of hydrogen-bond donors (Lipinski definition) is 1. The molecule has 0 atom stereocenters. The lowest BCUT2D eigenvalue weighted by molar-refractivity contribution is 0.675. The second-order valence-corrected chi connectivity index (χ2v) is 1.96. The van der Waals surface area contributed by atoms with Gasteiger partial charge in [0.2, 0.25) is 20.2 Å². The molecule has 0 aliphatic carbocycles. The van der Waals surface area contributed by atoms with Crippen LogP contribution in [0, 0.1) is 0 Å². The van der Waals surface area contributed by atoms with Crippen molar-refractivity contribution in [1.82, 2.24) is 0 Å². The van der Waals surface area contributed by atoms with E-state index in [0.717, 1.165) is 0 Å². The molecule has 0 amide bonds. The van der Waals surface area contributed by atoms with Crippen LogP contribution in [0.25, 0.3) is 0 Å². The maximum Gasteiger partial charge on any atom is 0.249 e. The molecule has 5 radical (unpaired) electrons. The van der Waals surface area contributed by atoms with E-state index in [1.54, 1.807) is 5.70 Å². The Balaban J connectivity index is 2.66. The predicted octanol–water partition coefficient (Wildman–Crippen LogP) is -0.864. The molecule has 0 aromatic heterocycles. The van der Waals surface area contributed by atoms with Gasteiger partial charge in [-0.05, 0) is 6.20 Å². The summed E-state index contributed by atoms with van der Waals surface area (Å²) in [7, 11) is 3.12. The maximum absolute atomic E-state index is 4.94. The summed E-state index contributed by atoms with van der Waals surface area (Å²) in [4.78, 5) is 0. The SMILES string of the molecule is NC=C[Si]O[Si]. The second-order valence-electron chi connectivity index (χ2n) is 0.579.